The third-order valence-electron chi connectivity index (χ3n) is 4.85. The van der Waals surface area contributed by atoms with Gasteiger partial charge in [0.15, 0.2) is 8.32 Å². The van der Waals surface area contributed by atoms with Crippen LogP contribution < -0.4 is 0 Å². The second-order valence-electron chi connectivity index (χ2n) is 8.02. The molecular weight excluding hydrogens is 280 g/mol. The molecule has 0 rings (SSSR count). The topological polar surface area (TPSA) is 43.4 Å². The van der Waals surface area contributed by atoms with Crippen LogP contribution in [-0.4, -0.2) is 27.0 Å². The summed E-state index contributed by atoms with van der Waals surface area (Å²) in [6.07, 6.45) is 2.14. The van der Waals surface area contributed by atoms with Crippen molar-refractivity contribution in [1.82, 2.24) is 0 Å². The van der Waals surface area contributed by atoms with E-state index < -0.39 is 8.32 Å². The number of carbonyl (C=O) groups is 2. The average Bonchev–Trinajstić information content (AvgIpc) is 2.30. The van der Waals surface area contributed by atoms with E-state index in [-0.39, 0.29) is 22.7 Å². The molecule has 0 fully saturated rings. The molecule has 0 aliphatic rings. The molecule has 0 saturated heterocycles. The van der Waals surface area contributed by atoms with Crippen LogP contribution in [0.4, 0.5) is 0 Å². The lowest BCUT2D eigenvalue weighted by molar-refractivity contribution is -0.118. The Labute approximate surface area is 132 Å². The van der Waals surface area contributed by atoms with Crippen LogP contribution in [0.2, 0.25) is 18.1 Å². The van der Waals surface area contributed by atoms with Crippen LogP contribution in [0.3, 0.4) is 0 Å². The van der Waals surface area contributed by atoms with Crippen LogP contribution >= 0.6 is 0 Å². The van der Waals surface area contributed by atoms with Crippen LogP contribution in [0.25, 0.3) is 0 Å². The van der Waals surface area contributed by atoms with E-state index in [9.17, 15) is 9.59 Å². The maximum atomic E-state index is 11.4. The number of aldehydes is 1. The minimum Gasteiger partial charge on any atom is -0.417 e. The molecule has 0 aliphatic heterocycles. The van der Waals surface area contributed by atoms with Gasteiger partial charge in [0.25, 0.3) is 0 Å². The van der Waals surface area contributed by atoms with Gasteiger partial charge in [-0.25, -0.2) is 0 Å². The largest absolute Gasteiger partial charge is 0.417 e. The monoisotopic (exact) mass is 314 g/mol. The first-order valence-electron chi connectivity index (χ1n) is 8.01. The maximum Gasteiger partial charge on any atom is 0.191 e. The molecule has 124 valence electrons. The predicted octanol–water partition coefficient (Wildman–Crippen LogP) is 4.46. The number of Topliss-reactive ketones (excluding diaryl/α,β-unsaturated/α-hetero) is 1. The average molecular weight is 315 g/mol. The van der Waals surface area contributed by atoms with E-state index >= 15 is 0 Å². The van der Waals surface area contributed by atoms with Crippen LogP contribution in [0.1, 0.15) is 54.4 Å². The molecule has 0 bridgehead atoms. The highest BCUT2D eigenvalue weighted by Gasteiger charge is 2.38. The molecule has 21 heavy (non-hydrogen) atoms. The quantitative estimate of drug-likeness (QED) is 0.466. The van der Waals surface area contributed by atoms with Crippen molar-refractivity contribution in [2.75, 3.05) is 6.61 Å². The third kappa shape index (κ3) is 6.87. The van der Waals surface area contributed by atoms with Crippen molar-refractivity contribution < 1.29 is 14.0 Å². The van der Waals surface area contributed by atoms with E-state index in [1.165, 1.54) is 0 Å². The van der Waals surface area contributed by atoms with Gasteiger partial charge in [-0.2, -0.15) is 0 Å². The van der Waals surface area contributed by atoms with Gasteiger partial charge in [-0.15, -0.1) is 0 Å². The number of rotatable bonds is 9. The fourth-order valence-corrected chi connectivity index (χ4v) is 3.13. The molecule has 0 aliphatic carbocycles. The Bertz CT molecular complexity index is 342. The smallest absolute Gasteiger partial charge is 0.191 e. The van der Waals surface area contributed by atoms with E-state index in [0.29, 0.717) is 25.4 Å². The zero-order valence-corrected chi connectivity index (χ0v) is 16.2. The fraction of sp³-hybridized carbons (Fsp3) is 0.882. The van der Waals surface area contributed by atoms with Crippen LogP contribution in [-0.2, 0) is 14.0 Å². The first-order chi connectivity index (χ1) is 9.42. The minimum absolute atomic E-state index is 0.0846. The molecule has 2 atom stereocenters. The van der Waals surface area contributed by atoms with Crippen molar-refractivity contribution in [2.24, 2.45) is 17.8 Å². The van der Waals surface area contributed by atoms with Gasteiger partial charge in [-0.1, -0.05) is 34.6 Å². The van der Waals surface area contributed by atoms with Gasteiger partial charge >= 0.3 is 0 Å². The van der Waals surface area contributed by atoms with Crippen molar-refractivity contribution in [3.05, 3.63) is 0 Å². The SMILES string of the molecule is CC(=O)CC[C@@H](C=O)[C@@H](CO[Si](C)(C)C(C)(C)C)C(C)C. The summed E-state index contributed by atoms with van der Waals surface area (Å²) in [4.78, 5) is 22.6. The maximum absolute atomic E-state index is 11.4. The highest BCUT2D eigenvalue weighted by Crippen LogP contribution is 2.37. The fourth-order valence-electron chi connectivity index (χ4n) is 2.08. The highest BCUT2D eigenvalue weighted by atomic mass is 28.4. The first kappa shape index (κ1) is 20.5. The normalized spacial score (nSPS) is 15.9. The van der Waals surface area contributed by atoms with Crippen molar-refractivity contribution in [3.63, 3.8) is 0 Å². The van der Waals surface area contributed by atoms with Gasteiger partial charge in [0, 0.05) is 18.9 Å². The zero-order valence-electron chi connectivity index (χ0n) is 15.2. The Kier molecular flexibility index (Phi) is 8.04. The molecule has 0 aromatic carbocycles. The van der Waals surface area contributed by atoms with Crippen molar-refractivity contribution >= 4 is 20.4 Å². The summed E-state index contributed by atoms with van der Waals surface area (Å²) in [7, 11) is -1.80. The molecule has 0 N–H and O–H groups in total. The van der Waals surface area contributed by atoms with Crippen molar-refractivity contribution in [3.8, 4) is 0 Å². The number of hydrogen-bond donors (Lipinski definition) is 0. The van der Waals surface area contributed by atoms with Gasteiger partial charge in [-0.05, 0) is 43.3 Å². The predicted molar refractivity (Wildman–Crippen MR) is 90.9 cm³/mol. The summed E-state index contributed by atoms with van der Waals surface area (Å²) in [5.41, 5.74) is 0. The van der Waals surface area contributed by atoms with E-state index in [1.807, 2.05) is 0 Å². The standard InChI is InChI=1S/C17H34O3Si/c1-13(2)16(15(11-18)10-9-14(3)19)12-20-21(7,8)17(4,5)6/h11,13,15-16H,9-10,12H2,1-8H3/t15-,16-/m0/s1. The minimum atomic E-state index is -1.80. The molecule has 0 saturated carbocycles. The summed E-state index contributed by atoms with van der Waals surface area (Å²) in [5, 5.41) is 0.171. The Morgan fingerprint density at radius 1 is 1.24 bits per heavy atom. The molecule has 4 heteroatoms. The van der Waals surface area contributed by atoms with Crippen molar-refractivity contribution in [1.29, 1.82) is 0 Å². The van der Waals surface area contributed by atoms with Gasteiger partial charge < -0.3 is 14.0 Å². The second-order valence-corrected chi connectivity index (χ2v) is 12.8. The van der Waals surface area contributed by atoms with Crippen LogP contribution in [0, 0.1) is 17.8 Å². The van der Waals surface area contributed by atoms with Crippen molar-refractivity contribution in [2.45, 2.75) is 72.5 Å². The summed E-state index contributed by atoms with van der Waals surface area (Å²) in [6, 6.07) is 0. The van der Waals surface area contributed by atoms with E-state index in [4.69, 9.17) is 4.43 Å². The molecule has 0 amide bonds. The lowest BCUT2D eigenvalue weighted by atomic mass is 9.82. The summed E-state index contributed by atoms with van der Waals surface area (Å²) in [6.45, 7) is 17.6. The summed E-state index contributed by atoms with van der Waals surface area (Å²) in [5.74, 6) is 0.626. The second kappa shape index (κ2) is 8.23. The van der Waals surface area contributed by atoms with Gasteiger partial charge in [-0.3, -0.25) is 0 Å². The molecule has 0 aromatic heterocycles. The van der Waals surface area contributed by atoms with Gasteiger partial charge in [0.2, 0.25) is 0 Å². The summed E-state index contributed by atoms with van der Waals surface area (Å²) >= 11 is 0. The van der Waals surface area contributed by atoms with Crippen LogP contribution in [0.15, 0.2) is 0 Å². The molecule has 0 radical (unpaired) electrons. The Morgan fingerprint density at radius 3 is 2.10 bits per heavy atom. The number of ketones is 1. The molecular formula is C17H34O3Si. The zero-order chi connectivity index (χ0) is 16.8. The molecule has 0 unspecified atom stereocenters. The molecule has 3 nitrogen and oxygen atoms in total. The Morgan fingerprint density at radius 2 is 1.76 bits per heavy atom. The Hall–Kier alpha value is -0.483. The summed E-state index contributed by atoms with van der Waals surface area (Å²) < 4.78 is 6.30. The lowest BCUT2D eigenvalue weighted by Crippen LogP contribution is -2.43. The number of hydrogen-bond acceptors (Lipinski definition) is 3. The molecule has 0 heterocycles. The number of carbonyl (C=O) groups excluding carboxylic acids is 2. The van der Waals surface area contributed by atoms with Crippen LogP contribution in [0.5, 0.6) is 0 Å². The lowest BCUT2D eigenvalue weighted by Gasteiger charge is -2.38. The first-order valence-corrected chi connectivity index (χ1v) is 10.9. The van der Waals surface area contributed by atoms with E-state index in [0.717, 1.165) is 6.29 Å². The molecule has 0 spiro atoms. The Balaban J connectivity index is 4.82. The van der Waals surface area contributed by atoms with Gasteiger partial charge in [0.1, 0.15) is 12.1 Å². The van der Waals surface area contributed by atoms with Gasteiger partial charge in [0.05, 0.1) is 0 Å². The van der Waals surface area contributed by atoms with E-state index in [1.54, 1.807) is 6.92 Å². The highest BCUT2D eigenvalue weighted by molar-refractivity contribution is 6.74. The third-order valence-corrected chi connectivity index (χ3v) is 9.35. The van der Waals surface area contributed by atoms with E-state index in [2.05, 4.69) is 47.7 Å². The molecule has 0 aromatic rings.